The number of benzene rings is 1. The molecular weight excluding hydrogens is 280 g/mol. The molecule has 1 amide bonds. The molecule has 0 aromatic heterocycles. The molecule has 1 aromatic carbocycles. The Bertz CT molecular complexity index is 465. The average Bonchev–Trinajstić information content (AvgIpc) is 2.38. The van der Waals surface area contributed by atoms with Crippen LogP contribution in [0.1, 0.15) is 37.0 Å². The first kappa shape index (κ1) is 15.9. The molecule has 0 aliphatic carbocycles. The fourth-order valence-electron chi connectivity index (χ4n) is 1.76. The van der Waals surface area contributed by atoms with Crippen LogP contribution in [0.15, 0.2) is 24.3 Å². The summed E-state index contributed by atoms with van der Waals surface area (Å²) < 4.78 is 0. The van der Waals surface area contributed by atoms with Crippen molar-refractivity contribution in [2.24, 2.45) is 5.73 Å². The third-order valence-corrected chi connectivity index (χ3v) is 3.49. The molecule has 0 spiro atoms. The fourth-order valence-corrected chi connectivity index (χ4v) is 2.04. The van der Waals surface area contributed by atoms with Crippen LogP contribution >= 0.6 is 23.8 Å². The van der Waals surface area contributed by atoms with E-state index in [2.05, 4.69) is 0 Å². The van der Waals surface area contributed by atoms with Crippen LogP contribution in [0.5, 0.6) is 0 Å². The number of carbonyl (C=O) groups is 1. The van der Waals surface area contributed by atoms with Crippen LogP contribution in [0, 0.1) is 0 Å². The lowest BCUT2D eigenvalue weighted by molar-refractivity contribution is 0.0694. The second-order valence-electron chi connectivity index (χ2n) is 4.48. The monoisotopic (exact) mass is 298 g/mol. The maximum absolute atomic E-state index is 12.5. The van der Waals surface area contributed by atoms with Gasteiger partial charge in [0.25, 0.3) is 5.91 Å². The van der Waals surface area contributed by atoms with Crippen molar-refractivity contribution in [2.75, 3.05) is 6.54 Å². The predicted molar refractivity (Wildman–Crippen MR) is 83.6 cm³/mol. The summed E-state index contributed by atoms with van der Waals surface area (Å²) in [6.45, 7) is 4.60. The maximum atomic E-state index is 12.5. The van der Waals surface area contributed by atoms with Gasteiger partial charge in [-0.05, 0) is 31.5 Å². The van der Waals surface area contributed by atoms with Crippen LogP contribution in [-0.4, -0.2) is 28.4 Å². The van der Waals surface area contributed by atoms with Crippen molar-refractivity contribution in [3.8, 4) is 0 Å². The smallest absolute Gasteiger partial charge is 0.254 e. The summed E-state index contributed by atoms with van der Waals surface area (Å²) in [6.07, 6.45) is 1.41. The van der Waals surface area contributed by atoms with E-state index in [1.807, 2.05) is 13.8 Å². The van der Waals surface area contributed by atoms with Gasteiger partial charge in [0.1, 0.15) is 0 Å². The molecule has 1 rings (SSSR count). The van der Waals surface area contributed by atoms with E-state index in [0.717, 1.165) is 6.42 Å². The molecule has 5 heteroatoms. The molecule has 1 unspecified atom stereocenters. The lowest BCUT2D eigenvalue weighted by atomic mass is 10.1. The van der Waals surface area contributed by atoms with E-state index in [-0.39, 0.29) is 11.9 Å². The Morgan fingerprint density at radius 3 is 2.74 bits per heavy atom. The van der Waals surface area contributed by atoms with Crippen molar-refractivity contribution in [3.05, 3.63) is 34.9 Å². The topological polar surface area (TPSA) is 46.3 Å². The van der Waals surface area contributed by atoms with Gasteiger partial charge in [-0.25, -0.2) is 0 Å². The van der Waals surface area contributed by atoms with Gasteiger partial charge in [0.15, 0.2) is 0 Å². The van der Waals surface area contributed by atoms with Crippen molar-refractivity contribution < 1.29 is 4.79 Å². The quantitative estimate of drug-likeness (QED) is 0.820. The molecule has 0 heterocycles. The van der Waals surface area contributed by atoms with E-state index in [1.54, 1.807) is 29.2 Å². The second kappa shape index (κ2) is 7.46. The summed E-state index contributed by atoms with van der Waals surface area (Å²) >= 11 is 10.8. The van der Waals surface area contributed by atoms with Gasteiger partial charge in [-0.3, -0.25) is 4.79 Å². The molecule has 0 fully saturated rings. The Kier molecular flexibility index (Phi) is 6.25. The first-order valence-corrected chi connectivity index (χ1v) is 7.09. The number of halogens is 1. The van der Waals surface area contributed by atoms with Crippen LogP contribution in [0.3, 0.4) is 0 Å². The van der Waals surface area contributed by atoms with Gasteiger partial charge in [-0.15, -0.1) is 0 Å². The maximum Gasteiger partial charge on any atom is 0.254 e. The van der Waals surface area contributed by atoms with Gasteiger partial charge < -0.3 is 10.6 Å². The van der Waals surface area contributed by atoms with Crippen LogP contribution in [-0.2, 0) is 0 Å². The second-order valence-corrected chi connectivity index (χ2v) is 5.44. The van der Waals surface area contributed by atoms with Gasteiger partial charge >= 0.3 is 0 Å². The van der Waals surface area contributed by atoms with Gasteiger partial charge in [0, 0.05) is 29.6 Å². The van der Waals surface area contributed by atoms with E-state index >= 15 is 0 Å². The minimum absolute atomic E-state index is 0.0342. The lowest BCUT2D eigenvalue weighted by Gasteiger charge is -2.28. The Labute approximate surface area is 124 Å². The van der Waals surface area contributed by atoms with E-state index in [1.165, 1.54) is 0 Å². The Balaban J connectivity index is 2.90. The van der Waals surface area contributed by atoms with E-state index in [4.69, 9.17) is 29.6 Å². The number of hydrogen-bond donors (Lipinski definition) is 1. The minimum atomic E-state index is -0.0342. The van der Waals surface area contributed by atoms with E-state index in [0.29, 0.717) is 28.5 Å². The summed E-state index contributed by atoms with van der Waals surface area (Å²) in [5.41, 5.74) is 6.11. The normalized spacial score (nSPS) is 11.9. The molecule has 104 valence electrons. The number of nitrogens with zero attached hydrogens (tertiary/aromatic N) is 1. The average molecular weight is 299 g/mol. The van der Waals surface area contributed by atoms with Gasteiger partial charge in [-0.2, -0.15) is 0 Å². The fraction of sp³-hybridized carbons (Fsp3) is 0.429. The summed E-state index contributed by atoms with van der Waals surface area (Å²) in [5.74, 6) is -0.0342. The highest BCUT2D eigenvalue weighted by atomic mass is 35.5. The third kappa shape index (κ3) is 4.80. The molecular formula is C14H19ClN2OS. The molecule has 3 nitrogen and oxygen atoms in total. The third-order valence-electron chi connectivity index (χ3n) is 3.05. The zero-order valence-corrected chi connectivity index (χ0v) is 12.8. The Morgan fingerprint density at radius 2 is 2.21 bits per heavy atom. The number of hydrogen-bond acceptors (Lipinski definition) is 2. The zero-order chi connectivity index (χ0) is 14.4. The highest BCUT2D eigenvalue weighted by molar-refractivity contribution is 7.80. The number of nitrogens with two attached hydrogens (primary N) is 1. The predicted octanol–water partition coefficient (Wildman–Crippen LogP) is 3.26. The van der Waals surface area contributed by atoms with Gasteiger partial charge in [-0.1, -0.05) is 36.8 Å². The highest BCUT2D eigenvalue weighted by Crippen LogP contribution is 2.15. The summed E-state index contributed by atoms with van der Waals surface area (Å²) in [7, 11) is 0. The van der Waals surface area contributed by atoms with Crippen molar-refractivity contribution in [1.82, 2.24) is 4.90 Å². The molecule has 0 aliphatic rings. The zero-order valence-electron chi connectivity index (χ0n) is 11.2. The van der Waals surface area contributed by atoms with Crippen LogP contribution < -0.4 is 5.73 Å². The van der Waals surface area contributed by atoms with Crippen LogP contribution in [0.4, 0.5) is 0 Å². The molecule has 19 heavy (non-hydrogen) atoms. The minimum Gasteiger partial charge on any atom is -0.393 e. The van der Waals surface area contributed by atoms with Crippen molar-refractivity contribution in [3.63, 3.8) is 0 Å². The SMILES string of the molecule is CCC(C)N(CCC(N)=S)C(=O)c1cccc(Cl)c1. The number of carbonyl (C=O) groups excluding carboxylic acids is 1. The molecule has 0 aliphatic heterocycles. The van der Waals surface area contributed by atoms with Crippen molar-refractivity contribution in [2.45, 2.75) is 32.7 Å². The lowest BCUT2D eigenvalue weighted by Crippen LogP contribution is -2.40. The van der Waals surface area contributed by atoms with Crippen molar-refractivity contribution >= 4 is 34.7 Å². The first-order chi connectivity index (χ1) is 8.95. The number of thiocarbonyl (C=S) groups is 1. The molecule has 0 saturated heterocycles. The molecule has 1 atom stereocenters. The number of amides is 1. The Morgan fingerprint density at radius 1 is 1.53 bits per heavy atom. The standard InChI is InChI=1S/C14H19ClN2OS/c1-3-10(2)17(8-7-13(16)19)14(18)11-5-4-6-12(15)9-11/h4-6,9-10H,3,7-8H2,1-2H3,(H2,16,19). The van der Waals surface area contributed by atoms with E-state index in [9.17, 15) is 4.79 Å². The Hall–Kier alpha value is -1.13. The molecule has 0 radical (unpaired) electrons. The molecule has 2 N–H and O–H groups in total. The van der Waals surface area contributed by atoms with E-state index < -0.39 is 0 Å². The summed E-state index contributed by atoms with van der Waals surface area (Å²) in [6, 6.07) is 7.12. The largest absolute Gasteiger partial charge is 0.393 e. The molecule has 0 saturated carbocycles. The summed E-state index contributed by atoms with van der Waals surface area (Å²) in [5, 5.41) is 0.560. The van der Waals surface area contributed by atoms with Crippen molar-refractivity contribution in [1.29, 1.82) is 0 Å². The number of rotatable bonds is 6. The van der Waals surface area contributed by atoms with Crippen LogP contribution in [0.25, 0.3) is 0 Å². The van der Waals surface area contributed by atoms with Gasteiger partial charge in [0.2, 0.25) is 0 Å². The highest BCUT2D eigenvalue weighted by Gasteiger charge is 2.20. The molecule has 0 bridgehead atoms. The first-order valence-electron chi connectivity index (χ1n) is 6.30. The van der Waals surface area contributed by atoms with Crippen LogP contribution in [0.2, 0.25) is 5.02 Å². The summed E-state index contributed by atoms with van der Waals surface area (Å²) in [4.78, 5) is 14.7. The molecule has 1 aromatic rings. The van der Waals surface area contributed by atoms with Gasteiger partial charge in [0.05, 0.1) is 4.99 Å².